The van der Waals surface area contributed by atoms with Crippen LogP contribution in [0.1, 0.15) is 32.3 Å². The molecule has 1 aromatic rings. The SMILES string of the molecule is Cc1ccc(N(CCC(=O)O)C(=O)C(N)CC(C)C)cc1. The third-order valence-corrected chi connectivity index (χ3v) is 3.20. The molecule has 0 spiro atoms. The fourth-order valence-corrected chi connectivity index (χ4v) is 2.11. The van der Waals surface area contributed by atoms with Gasteiger partial charge in [-0.2, -0.15) is 0 Å². The Labute approximate surface area is 125 Å². The molecule has 0 aliphatic carbocycles. The largest absolute Gasteiger partial charge is 0.481 e. The van der Waals surface area contributed by atoms with Gasteiger partial charge in [0.1, 0.15) is 0 Å². The summed E-state index contributed by atoms with van der Waals surface area (Å²) in [7, 11) is 0. The third kappa shape index (κ3) is 5.55. The van der Waals surface area contributed by atoms with Crippen LogP contribution >= 0.6 is 0 Å². The molecular formula is C16H24N2O3. The number of nitrogens with two attached hydrogens (primary N) is 1. The van der Waals surface area contributed by atoms with Crippen LogP contribution < -0.4 is 10.6 Å². The van der Waals surface area contributed by atoms with Gasteiger partial charge in [-0.05, 0) is 31.4 Å². The van der Waals surface area contributed by atoms with E-state index in [4.69, 9.17) is 10.8 Å². The van der Waals surface area contributed by atoms with E-state index in [-0.39, 0.29) is 18.9 Å². The van der Waals surface area contributed by atoms with Crippen LogP contribution in [0.25, 0.3) is 0 Å². The summed E-state index contributed by atoms with van der Waals surface area (Å²) < 4.78 is 0. The van der Waals surface area contributed by atoms with Crippen molar-refractivity contribution in [2.75, 3.05) is 11.4 Å². The summed E-state index contributed by atoms with van der Waals surface area (Å²) in [6, 6.07) is 6.81. The Kier molecular flexibility index (Phi) is 6.37. The van der Waals surface area contributed by atoms with Crippen molar-refractivity contribution in [3.8, 4) is 0 Å². The average Bonchev–Trinajstić information content (AvgIpc) is 2.39. The van der Waals surface area contributed by atoms with Crippen molar-refractivity contribution in [2.45, 2.75) is 39.7 Å². The summed E-state index contributed by atoms with van der Waals surface area (Å²) in [4.78, 5) is 24.7. The monoisotopic (exact) mass is 292 g/mol. The number of carbonyl (C=O) groups excluding carboxylic acids is 1. The minimum atomic E-state index is -0.933. The number of aliphatic carboxylic acids is 1. The lowest BCUT2D eigenvalue weighted by molar-refractivity contribution is -0.136. The first-order valence-corrected chi connectivity index (χ1v) is 7.16. The molecule has 3 N–H and O–H groups in total. The van der Waals surface area contributed by atoms with Crippen molar-refractivity contribution in [1.29, 1.82) is 0 Å². The number of anilines is 1. The number of rotatable bonds is 7. The lowest BCUT2D eigenvalue weighted by atomic mass is 10.0. The number of carboxylic acids is 1. The van der Waals surface area contributed by atoms with Gasteiger partial charge in [0.25, 0.3) is 0 Å². The molecule has 21 heavy (non-hydrogen) atoms. The molecule has 0 saturated heterocycles. The van der Waals surface area contributed by atoms with Gasteiger partial charge in [0.2, 0.25) is 5.91 Å². The first-order valence-electron chi connectivity index (χ1n) is 7.16. The van der Waals surface area contributed by atoms with E-state index in [2.05, 4.69) is 0 Å². The Morgan fingerprint density at radius 2 is 1.81 bits per heavy atom. The molecule has 0 saturated carbocycles. The maximum Gasteiger partial charge on any atom is 0.305 e. The number of hydrogen-bond acceptors (Lipinski definition) is 3. The molecule has 1 aromatic carbocycles. The second-order valence-electron chi connectivity index (χ2n) is 5.71. The molecule has 0 fully saturated rings. The third-order valence-electron chi connectivity index (χ3n) is 3.20. The van der Waals surface area contributed by atoms with E-state index in [1.54, 1.807) is 0 Å². The Bertz CT molecular complexity index is 483. The number of amides is 1. The molecule has 1 amide bonds. The zero-order valence-corrected chi connectivity index (χ0v) is 12.9. The van der Waals surface area contributed by atoms with Gasteiger partial charge in [-0.15, -0.1) is 0 Å². The van der Waals surface area contributed by atoms with Crippen LogP contribution in [0.4, 0.5) is 5.69 Å². The standard InChI is InChI=1S/C16H24N2O3/c1-11(2)10-14(17)16(21)18(9-8-15(19)20)13-6-4-12(3)5-7-13/h4-7,11,14H,8-10,17H2,1-3H3,(H,19,20). The molecule has 0 heterocycles. The predicted molar refractivity (Wildman–Crippen MR) is 83.2 cm³/mol. The zero-order valence-electron chi connectivity index (χ0n) is 12.9. The number of aryl methyl sites for hydroxylation is 1. The van der Waals surface area contributed by atoms with Gasteiger partial charge in [-0.1, -0.05) is 31.5 Å². The van der Waals surface area contributed by atoms with E-state index in [1.165, 1.54) is 4.90 Å². The highest BCUT2D eigenvalue weighted by Crippen LogP contribution is 2.18. The smallest absolute Gasteiger partial charge is 0.305 e. The van der Waals surface area contributed by atoms with Crippen LogP contribution in [0.5, 0.6) is 0 Å². The maximum atomic E-state index is 12.5. The molecule has 0 bridgehead atoms. The van der Waals surface area contributed by atoms with Gasteiger partial charge in [-0.25, -0.2) is 0 Å². The molecule has 0 aromatic heterocycles. The summed E-state index contributed by atoms with van der Waals surface area (Å²) in [6.45, 7) is 6.09. The molecule has 1 atom stereocenters. The number of hydrogen-bond donors (Lipinski definition) is 2. The number of benzene rings is 1. The Morgan fingerprint density at radius 1 is 1.24 bits per heavy atom. The highest BCUT2D eigenvalue weighted by molar-refractivity contribution is 5.97. The number of carboxylic acid groups (broad SMARTS) is 1. The predicted octanol–water partition coefficient (Wildman–Crippen LogP) is 2.18. The minimum Gasteiger partial charge on any atom is -0.481 e. The Morgan fingerprint density at radius 3 is 2.29 bits per heavy atom. The lowest BCUT2D eigenvalue weighted by Crippen LogP contribution is -2.45. The summed E-state index contributed by atoms with van der Waals surface area (Å²) >= 11 is 0. The molecule has 1 unspecified atom stereocenters. The normalized spacial score (nSPS) is 12.2. The van der Waals surface area contributed by atoms with Crippen LogP contribution in [0.2, 0.25) is 0 Å². The quantitative estimate of drug-likeness (QED) is 0.806. The molecule has 0 radical (unpaired) electrons. The number of carbonyl (C=O) groups is 2. The van der Waals surface area contributed by atoms with Crippen molar-refractivity contribution in [3.05, 3.63) is 29.8 Å². The highest BCUT2D eigenvalue weighted by Gasteiger charge is 2.23. The van der Waals surface area contributed by atoms with E-state index in [9.17, 15) is 9.59 Å². The maximum absolute atomic E-state index is 12.5. The van der Waals surface area contributed by atoms with Crippen molar-refractivity contribution in [3.63, 3.8) is 0 Å². The van der Waals surface area contributed by atoms with E-state index in [0.717, 1.165) is 5.56 Å². The van der Waals surface area contributed by atoms with Gasteiger partial charge >= 0.3 is 5.97 Å². The van der Waals surface area contributed by atoms with Crippen molar-refractivity contribution in [2.24, 2.45) is 11.7 Å². The molecule has 116 valence electrons. The van der Waals surface area contributed by atoms with Crippen LogP contribution in [0.3, 0.4) is 0 Å². The van der Waals surface area contributed by atoms with E-state index in [1.807, 2.05) is 45.0 Å². The Hall–Kier alpha value is -1.88. The molecule has 0 aliphatic rings. The van der Waals surface area contributed by atoms with E-state index < -0.39 is 12.0 Å². The van der Waals surface area contributed by atoms with Gasteiger partial charge in [0.15, 0.2) is 0 Å². The summed E-state index contributed by atoms with van der Waals surface area (Å²) in [5, 5.41) is 8.85. The van der Waals surface area contributed by atoms with Gasteiger partial charge in [0, 0.05) is 12.2 Å². The topological polar surface area (TPSA) is 83.6 Å². The highest BCUT2D eigenvalue weighted by atomic mass is 16.4. The number of nitrogens with zero attached hydrogens (tertiary/aromatic N) is 1. The van der Waals surface area contributed by atoms with Crippen LogP contribution in [-0.2, 0) is 9.59 Å². The van der Waals surface area contributed by atoms with E-state index in [0.29, 0.717) is 18.0 Å². The zero-order chi connectivity index (χ0) is 16.0. The average molecular weight is 292 g/mol. The second kappa shape index (κ2) is 7.78. The fraction of sp³-hybridized carbons (Fsp3) is 0.500. The molecule has 5 heteroatoms. The van der Waals surface area contributed by atoms with Crippen molar-refractivity contribution >= 4 is 17.6 Å². The first kappa shape index (κ1) is 17.2. The Balaban J connectivity index is 2.93. The van der Waals surface area contributed by atoms with E-state index >= 15 is 0 Å². The lowest BCUT2D eigenvalue weighted by Gasteiger charge is -2.26. The van der Waals surface area contributed by atoms with Gasteiger partial charge in [0.05, 0.1) is 12.5 Å². The van der Waals surface area contributed by atoms with Crippen molar-refractivity contribution < 1.29 is 14.7 Å². The summed E-state index contributed by atoms with van der Waals surface area (Å²) in [6.07, 6.45) is 0.474. The van der Waals surface area contributed by atoms with Crippen LogP contribution in [0, 0.1) is 12.8 Å². The molecule has 1 rings (SSSR count). The summed E-state index contributed by atoms with van der Waals surface area (Å²) in [5.74, 6) is -0.852. The molecule has 0 aliphatic heterocycles. The summed E-state index contributed by atoms with van der Waals surface area (Å²) in [5.41, 5.74) is 7.72. The fourth-order valence-electron chi connectivity index (χ4n) is 2.11. The molecular weight excluding hydrogens is 268 g/mol. The van der Waals surface area contributed by atoms with Crippen LogP contribution in [0.15, 0.2) is 24.3 Å². The van der Waals surface area contributed by atoms with Crippen LogP contribution in [-0.4, -0.2) is 29.6 Å². The molecule has 5 nitrogen and oxygen atoms in total. The second-order valence-corrected chi connectivity index (χ2v) is 5.71. The minimum absolute atomic E-state index is 0.103. The van der Waals surface area contributed by atoms with Gasteiger partial charge < -0.3 is 15.7 Å². The first-order chi connectivity index (χ1) is 9.81. The van der Waals surface area contributed by atoms with Crippen molar-refractivity contribution in [1.82, 2.24) is 0 Å². The van der Waals surface area contributed by atoms with Gasteiger partial charge in [-0.3, -0.25) is 9.59 Å².